The van der Waals surface area contributed by atoms with Crippen molar-refractivity contribution in [3.8, 4) is 5.75 Å². The lowest BCUT2D eigenvalue weighted by Crippen LogP contribution is -2.12. The van der Waals surface area contributed by atoms with Gasteiger partial charge in [0.2, 0.25) is 11.6 Å². The van der Waals surface area contributed by atoms with Crippen molar-refractivity contribution in [2.45, 2.75) is 26.2 Å². The predicted octanol–water partition coefficient (Wildman–Crippen LogP) is 2.81. The van der Waals surface area contributed by atoms with Crippen molar-refractivity contribution in [2.24, 2.45) is 4.99 Å². The Morgan fingerprint density at radius 3 is 2.45 bits per heavy atom. The minimum Gasteiger partial charge on any atom is -0.508 e. The number of carbonyl (C=O) groups is 2. The quantitative estimate of drug-likeness (QED) is 0.499. The zero-order valence-electron chi connectivity index (χ0n) is 12.6. The minimum absolute atomic E-state index is 0.274. The second kappa shape index (κ2) is 7.50. The van der Waals surface area contributed by atoms with Crippen molar-refractivity contribution < 1.29 is 14.7 Å². The van der Waals surface area contributed by atoms with Crippen LogP contribution in [-0.2, 0) is 16.0 Å². The number of aryl methyl sites for hydroxylation is 1. The molecule has 22 heavy (non-hydrogen) atoms. The smallest absolute Gasteiger partial charge is 0.225 e. The van der Waals surface area contributed by atoms with Crippen LogP contribution in [0.25, 0.3) is 0 Å². The number of hydrogen-bond acceptors (Lipinski definition) is 4. The highest BCUT2D eigenvalue weighted by molar-refractivity contribution is 6.46. The Morgan fingerprint density at radius 2 is 1.77 bits per heavy atom. The summed E-state index contributed by atoms with van der Waals surface area (Å²) in [4.78, 5) is 26.8. The maximum absolute atomic E-state index is 11.3. The molecule has 1 aromatic rings. The second-order valence-corrected chi connectivity index (χ2v) is 5.31. The molecule has 0 spiro atoms. The molecule has 0 atom stereocenters. The van der Waals surface area contributed by atoms with Gasteiger partial charge in [0.05, 0.1) is 0 Å². The first-order chi connectivity index (χ1) is 10.5. The van der Waals surface area contributed by atoms with E-state index in [0.717, 1.165) is 29.7 Å². The minimum atomic E-state index is -0.461. The number of benzene rings is 1. The normalized spacial score (nSPS) is 15.1. The fraction of sp³-hybridized carbons (Fsp3) is 0.278. The largest absolute Gasteiger partial charge is 0.508 e. The average Bonchev–Trinajstić information content (AvgIpc) is 2.50. The van der Waals surface area contributed by atoms with Crippen molar-refractivity contribution in [2.75, 3.05) is 6.54 Å². The Balaban J connectivity index is 1.77. The second-order valence-electron chi connectivity index (χ2n) is 5.31. The molecule has 4 heteroatoms. The van der Waals surface area contributed by atoms with Gasteiger partial charge in [-0.1, -0.05) is 18.2 Å². The van der Waals surface area contributed by atoms with Crippen molar-refractivity contribution >= 4 is 17.3 Å². The first kappa shape index (κ1) is 15.9. The first-order valence-corrected chi connectivity index (χ1v) is 7.29. The molecule has 0 aromatic heterocycles. The number of aromatic hydroxyl groups is 1. The van der Waals surface area contributed by atoms with Crippen LogP contribution in [0, 0.1) is 0 Å². The monoisotopic (exact) mass is 297 g/mol. The molecule has 0 fully saturated rings. The molecular formula is C18H19NO3. The van der Waals surface area contributed by atoms with Gasteiger partial charge in [-0.05, 0) is 61.6 Å². The van der Waals surface area contributed by atoms with Crippen LogP contribution in [0.3, 0.4) is 0 Å². The van der Waals surface area contributed by atoms with Crippen LogP contribution >= 0.6 is 0 Å². The van der Waals surface area contributed by atoms with E-state index >= 15 is 0 Å². The summed E-state index contributed by atoms with van der Waals surface area (Å²) in [6, 6.07) is 7.18. The van der Waals surface area contributed by atoms with Crippen LogP contribution in [-0.4, -0.2) is 28.9 Å². The summed E-state index contributed by atoms with van der Waals surface area (Å²) in [6.07, 6.45) is 6.79. The number of hydrogen-bond donors (Lipinski definition) is 1. The number of nitrogens with zero attached hydrogens (tertiary/aromatic N) is 1. The van der Waals surface area contributed by atoms with Crippen LogP contribution in [0.15, 0.2) is 53.1 Å². The van der Waals surface area contributed by atoms with Crippen LogP contribution in [0.4, 0.5) is 0 Å². The lowest BCUT2D eigenvalue weighted by Gasteiger charge is -2.05. The molecule has 0 radical (unpaired) electrons. The van der Waals surface area contributed by atoms with Gasteiger partial charge in [-0.3, -0.25) is 14.6 Å². The van der Waals surface area contributed by atoms with Gasteiger partial charge < -0.3 is 5.11 Å². The summed E-state index contributed by atoms with van der Waals surface area (Å²) in [5.41, 5.74) is 3.06. The van der Waals surface area contributed by atoms with E-state index in [2.05, 4.69) is 4.99 Å². The highest BCUT2D eigenvalue weighted by Crippen LogP contribution is 2.12. The maximum atomic E-state index is 11.3. The summed E-state index contributed by atoms with van der Waals surface area (Å²) in [5, 5.41) is 9.23. The molecule has 1 aromatic carbocycles. The standard InChI is InChI=1S/C18H19NO3/c1-13(2-3-14-4-7-16(20)8-5-14)19-11-10-15-6-9-17(21)18(22)12-15/h4-9,12,20H,2-3,10-11H2,1H3. The van der Waals surface area contributed by atoms with Crippen LogP contribution in [0.1, 0.15) is 25.3 Å². The SMILES string of the molecule is CC(CCc1ccc(O)cc1)=NCCC1=CC(=O)C(=O)C=C1. The zero-order chi connectivity index (χ0) is 15.9. The van der Waals surface area contributed by atoms with E-state index in [1.807, 2.05) is 19.1 Å². The van der Waals surface area contributed by atoms with Gasteiger partial charge >= 0.3 is 0 Å². The third-order valence-corrected chi connectivity index (χ3v) is 3.50. The first-order valence-electron chi connectivity index (χ1n) is 7.29. The number of phenolic OH excluding ortho intramolecular Hbond substituents is 1. The van der Waals surface area contributed by atoms with Gasteiger partial charge in [-0.25, -0.2) is 0 Å². The van der Waals surface area contributed by atoms with Crippen LogP contribution in [0.2, 0.25) is 0 Å². The fourth-order valence-electron chi connectivity index (χ4n) is 2.15. The average molecular weight is 297 g/mol. The molecule has 0 aliphatic heterocycles. The Bertz CT molecular complexity index is 651. The van der Waals surface area contributed by atoms with Crippen LogP contribution in [0.5, 0.6) is 5.75 Å². The molecule has 0 saturated heterocycles. The van der Waals surface area contributed by atoms with Crippen molar-refractivity contribution in [1.29, 1.82) is 0 Å². The molecule has 4 nitrogen and oxygen atoms in total. The van der Waals surface area contributed by atoms with E-state index in [1.54, 1.807) is 18.2 Å². The molecule has 1 aliphatic rings. The van der Waals surface area contributed by atoms with Crippen molar-refractivity contribution in [1.82, 2.24) is 0 Å². The highest BCUT2D eigenvalue weighted by Gasteiger charge is 2.12. The summed E-state index contributed by atoms with van der Waals surface area (Å²) >= 11 is 0. The van der Waals surface area contributed by atoms with E-state index < -0.39 is 11.6 Å². The Morgan fingerprint density at radius 1 is 1.05 bits per heavy atom. The van der Waals surface area contributed by atoms with Gasteiger partial charge in [-0.15, -0.1) is 0 Å². The van der Waals surface area contributed by atoms with Gasteiger partial charge in [-0.2, -0.15) is 0 Å². The molecular weight excluding hydrogens is 278 g/mol. The summed E-state index contributed by atoms with van der Waals surface area (Å²) in [5.74, 6) is -0.640. The van der Waals surface area contributed by atoms with Crippen LogP contribution < -0.4 is 0 Å². The zero-order valence-corrected chi connectivity index (χ0v) is 12.6. The van der Waals surface area contributed by atoms with E-state index in [0.29, 0.717) is 13.0 Å². The fourth-order valence-corrected chi connectivity index (χ4v) is 2.15. The molecule has 0 amide bonds. The van der Waals surface area contributed by atoms with Gasteiger partial charge in [0.25, 0.3) is 0 Å². The Kier molecular flexibility index (Phi) is 5.42. The number of rotatable bonds is 6. The van der Waals surface area contributed by atoms with Crippen molar-refractivity contribution in [3.05, 3.63) is 53.6 Å². The van der Waals surface area contributed by atoms with Crippen molar-refractivity contribution in [3.63, 3.8) is 0 Å². The third kappa shape index (κ3) is 4.81. The molecule has 0 unspecified atom stereocenters. The highest BCUT2D eigenvalue weighted by atomic mass is 16.3. The Labute approximate surface area is 129 Å². The van der Waals surface area contributed by atoms with Gasteiger partial charge in [0.1, 0.15) is 5.75 Å². The molecule has 0 heterocycles. The van der Waals surface area contributed by atoms with Gasteiger partial charge in [0.15, 0.2) is 0 Å². The summed E-state index contributed by atoms with van der Waals surface area (Å²) < 4.78 is 0. The summed E-state index contributed by atoms with van der Waals surface area (Å²) in [7, 11) is 0. The van der Waals surface area contributed by atoms with E-state index in [-0.39, 0.29) is 5.75 Å². The number of aliphatic imine (C=N–C) groups is 1. The van der Waals surface area contributed by atoms with E-state index in [4.69, 9.17) is 0 Å². The topological polar surface area (TPSA) is 66.7 Å². The lowest BCUT2D eigenvalue weighted by atomic mass is 10.0. The molecule has 0 bridgehead atoms. The molecule has 2 rings (SSSR count). The number of carbonyl (C=O) groups excluding carboxylic acids is 2. The predicted molar refractivity (Wildman–Crippen MR) is 86.3 cm³/mol. The van der Waals surface area contributed by atoms with E-state index in [9.17, 15) is 14.7 Å². The van der Waals surface area contributed by atoms with E-state index in [1.165, 1.54) is 12.2 Å². The molecule has 0 saturated carbocycles. The molecule has 1 aliphatic carbocycles. The maximum Gasteiger partial charge on any atom is 0.225 e. The Hall–Kier alpha value is -2.49. The number of allylic oxidation sites excluding steroid dienone is 3. The van der Waals surface area contributed by atoms with Gasteiger partial charge in [0, 0.05) is 12.3 Å². The molecule has 114 valence electrons. The lowest BCUT2D eigenvalue weighted by molar-refractivity contribution is -0.131. The molecule has 1 N–H and O–H groups in total. The summed E-state index contributed by atoms with van der Waals surface area (Å²) in [6.45, 7) is 2.60. The number of phenols is 1. The third-order valence-electron chi connectivity index (χ3n) is 3.50. The number of ketones is 2.